The van der Waals surface area contributed by atoms with Gasteiger partial charge >= 0.3 is 0 Å². The van der Waals surface area contributed by atoms with E-state index >= 15 is 0 Å². The molecule has 1 aromatic heterocycles. The van der Waals surface area contributed by atoms with E-state index < -0.39 is 0 Å². The van der Waals surface area contributed by atoms with Gasteiger partial charge in [0.05, 0.1) is 16.6 Å². The average molecular weight is 441 g/mol. The van der Waals surface area contributed by atoms with Crippen molar-refractivity contribution in [3.8, 4) is 0 Å². The smallest absolute Gasteiger partial charge is 0.287 e. The van der Waals surface area contributed by atoms with E-state index in [1.165, 1.54) is 62.5 Å². The molecule has 4 nitrogen and oxygen atoms in total. The molecule has 0 unspecified atom stereocenters. The van der Waals surface area contributed by atoms with Gasteiger partial charge in [0.15, 0.2) is 0 Å². The molecule has 29 heavy (non-hydrogen) atoms. The van der Waals surface area contributed by atoms with E-state index in [0.717, 1.165) is 35.7 Å². The van der Waals surface area contributed by atoms with Gasteiger partial charge in [-0.3, -0.25) is 4.79 Å². The van der Waals surface area contributed by atoms with Crippen LogP contribution in [0.3, 0.4) is 0 Å². The molecular formula is C23H37ClN2O2S. The van der Waals surface area contributed by atoms with Crippen LogP contribution in [0.5, 0.6) is 0 Å². The van der Waals surface area contributed by atoms with Crippen LogP contribution >= 0.6 is 23.4 Å². The fourth-order valence-corrected chi connectivity index (χ4v) is 5.90. The number of aromatic nitrogens is 2. The van der Waals surface area contributed by atoms with Gasteiger partial charge in [-0.1, -0.05) is 30.9 Å². The third kappa shape index (κ3) is 6.73. The van der Waals surface area contributed by atoms with Crippen molar-refractivity contribution in [1.82, 2.24) is 9.78 Å². The molecule has 0 saturated heterocycles. The molecule has 2 aliphatic rings. The van der Waals surface area contributed by atoms with Crippen LogP contribution in [0.4, 0.5) is 0 Å². The average Bonchev–Trinajstić information content (AvgIpc) is 2.70. The summed E-state index contributed by atoms with van der Waals surface area (Å²) in [7, 11) is 0. The predicted molar refractivity (Wildman–Crippen MR) is 122 cm³/mol. The number of hydrogen-bond donors (Lipinski definition) is 0. The second-order valence-corrected chi connectivity index (χ2v) is 11.4. The Morgan fingerprint density at radius 2 is 1.62 bits per heavy atom. The maximum atomic E-state index is 12.5. The normalized spacial score (nSPS) is 24.0. The summed E-state index contributed by atoms with van der Waals surface area (Å²) in [5, 5.41) is 4.65. The van der Waals surface area contributed by atoms with Crippen LogP contribution in [-0.4, -0.2) is 28.7 Å². The van der Waals surface area contributed by atoms with Crippen molar-refractivity contribution < 1.29 is 4.74 Å². The van der Waals surface area contributed by atoms with Crippen LogP contribution < -0.4 is 5.56 Å². The van der Waals surface area contributed by atoms with E-state index in [1.807, 2.05) is 20.8 Å². The first-order valence-electron chi connectivity index (χ1n) is 11.3. The Morgan fingerprint density at radius 3 is 2.24 bits per heavy atom. The number of thioether (sulfide) groups is 1. The fraction of sp³-hybridized carbons (Fsp3) is 0.826. The van der Waals surface area contributed by atoms with Crippen molar-refractivity contribution in [1.29, 1.82) is 0 Å². The van der Waals surface area contributed by atoms with E-state index in [9.17, 15) is 4.79 Å². The van der Waals surface area contributed by atoms with Gasteiger partial charge in [-0.25, -0.2) is 4.68 Å². The zero-order valence-corrected chi connectivity index (χ0v) is 19.9. The Balaban J connectivity index is 1.39. The molecule has 0 aliphatic heterocycles. The highest BCUT2D eigenvalue weighted by Crippen LogP contribution is 2.34. The summed E-state index contributed by atoms with van der Waals surface area (Å²) < 4.78 is 7.55. The Morgan fingerprint density at radius 1 is 1.03 bits per heavy atom. The van der Waals surface area contributed by atoms with Crippen molar-refractivity contribution in [3.05, 3.63) is 21.6 Å². The van der Waals surface area contributed by atoms with E-state index in [-0.39, 0.29) is 11.1 Å². The third-order valence-corrected chi connectivity index (χ3v) is 8.13. The molecular weight excluding hydrogens is 404 g/mol. The number of nitrogens with zero attached hydrogens (tertiary/aromatic N) is 2. The lowest BCUT2D eigenvalue weighted by atomic mass is 9.83. The van der Waals surface area contributed by atoms with Gasteiger partial charge in [0.25, 0.3) is 5.56 Å². The first-order valence-corrected chi connectivity index (χ1v) is 12.7. The molecule has 0 amide bonds. The Bertz CT molecular complexity index is 702. The Hall–Kier alpha value is -0.520. The highest BCUT2D eigenvalue weighted by molar-refractivity contribution is 7.99. The molecule has 0 radical (unpaired) electrons. The molecule has 0 spiro atoms. The van der Waals surface area contributed by atoms with Crippen molar-refractivity contribution in [2.24, 2.45) is 17.8 Å². The zero-order valence-electron chi connectivity index (χ0n) is 18.3. The number of halogens is 1. The topological polar surface area (TPSA) is 44.1 Å². The summed E-state index contributed by atoms with van der Waals surface area (Å²) in [6.45, 7) is 7.80. The van der Waals surface area contributed by atoms with Crippen LogP contribution in [0.2, 0.25) is 5.02 Å². The maximum absolute atomic E-state index is 12.5. The van der Waals surface area contributed by atoms with Gasteiger partial charge in [-0.15, -0.1) is 11.8 Å². The van der Waals surface area contributed by atoms with Crippen LogP contribution in [0.15, 0.2) is 15.9 Å². The predicted octanol–water partition coefficient (Wildman–Crippen LogP) is 6.15. The molecule has 3 rings (SSSR count). The van der Waals surface area contributed by atoms with Gasteiger partial charge in [-0.05, 0) is 77.0 Å². The molecule has 2 aliphatic carbocycles. The second kappa shape index (κ2) is 10.7. The maximum Gasteiger partial charge on any atom is 0.287 e. The van der Waals surface area contributed by atoms with Crippen molar-refractivity contribution in [3.63, 3.8) is 0 Å². The van der Waals surface area contributed by atoms with Gasteiger partial charge in [0, 0.05) is 19.0 Å². The minimum atomic E-state index is -0.360. The van der Waals surface area contributed by atoms with E-state index in [4.69, 9.17) is 16.3 Å². The number of rotatable bonds is 7. The van der Waals surface area contributed by atoms with Gasteiger partial charge in [0.1, 0.15) is 5.02 Å². The molecule has 1 heterocycles. The summed E-state index contributed by atoms with van der Waals surface area (Å²) in [4.78, 5) is 13.3. The summed E-state index contributed by atoms with van der Waals surface area (Å²) >= 11 is 8.04. The lowest BCUT2D eigenvalue weighted by molar-refractivity contribution is 0.0471. The summed E-state index contributed by atoms with van der Waals surface area (Å²) in [5.41, 5.74) is -0.551. The van der Waals surface area contributed by atoms with Crippen LogP contribution in [0.1, 0.15) is 78.6 Å². The minimum Gasteiger partial charge on any atom is -0.381 e. The highest BCUT2D eigenvalue weighted by atomic mass is 35.5. The Kier molecular flexibility index (Phi) is 8.52. The summed E-state index contributed by atoms with van der Waals surface area (Å²) in [6.07, 6.45) is 13.7. The van der Waals surface area contributed by atoms with Crippen molar-refractivity contribution in [2.75, 3.05) is 19.0 Å². The van der Waals surface area contributed by atoms with E-state index in [1.54, 1.807) is 18.0 Å². The first-order chi connectivity index (χ1) is 13.8. The molecule has 164 valence electrons. The number of hydrogen-bond acceptors (Lipinski definition) is 4. The van der Waals surface area contributed by atoms with E-state index in [2.05, 4.69) is 5.10 Å². The zero-order chi connectivity index (χ0) is 20.9. The van der Waals surface area contributed by atoms with Gasteiger partial charge in [0.2, 0.25) is 0 Å². The third-order valence-electron chi connectivity index (χ3n) is 6.40. The summed E-state index contributed by atoms with van der Waals surface area (Å²) in [5.74, 6) is 3.23. The Labute approximate surface area is 185 Å². The fourth-order valence-electron chi connectivity index (χ4n) is 4.52. The highest BCUT2D eigenvalue weighted by Gasteiger charge is 2.24. The lowest BCUT2D eigenvalue weighted by Crippen LogP contribution is -2.36. The monoisotopic (exact) mass is 440 g/mol. The first kappa shape index (κ1) is 23.1. The molecule has 1 aromatic rings. The minimum absolute atomic E-state index is 0.192. The molecule has 0 bridgehead atoms. The second-order valence-electron chi connectivity index (χ2n) is 9.95. The van der Waals surface area contributed by atoms with Crippen LogP contribution in [0.25, 0.3) is 0 Å². The van der Waals surface area contributed by atoms with Gasteiger partial charge < -0.3 is 4.74 Å². The molecule has 0 N–H and O–H groups in total. The molecule has 0 aromatic carbocycles. The summed E-state index contributed by atoms with van der Waals surface area (Å²) in [6, 6.07) is 0. The molecule has 2 fully saturated rings. The van der Waals surface area contributed by atoms with Crippen molar-refractivity contribution >= 4 is 23.4 Å². The largest absolute Gasteiger partial charge is 0.381 e. The molecule has 2 saturated carbocycles. The van der Waals surface area contributed by atoms with Gasteiger partial charge in [-0.2, -0.15) is 5.10 Å². The van der Waals surface area contributed by atoms with Crippen LogP contribution in [-0.2, 0) is 10.3 Å². The van der Waals surface area contributed by atoms with E-state index in [0.29, 0.717) is 10.9 Å². The van der Waals surface area contributed by atoms with Crippen molar-refractivity contribution in [2.45, 2.75) is 89.0 Å². The standard InChI is InChI=1S/C23H37ClN2O2S/c1-23(2,3)26-22(27)21(24)20(13-25-26)29-16-19-11-9-18(10-12-19)15-28-14-17-7-5-4-6-8-17/h13,17-19H,4-12,14-16H2,1-3H3. The molecule has 6 heteroatoms. The lowest BCUT2D eigenvalue weighted by Gasteiger charge is -2.29. The SMILES string of the molecule is CC(C)(C)n1ncc(SCC2CCC(COCC3CCCCC3)CC2)c(Cl)c1=O. The van der Waals surface area contributed by atoms with Crippen LogP contribution in [0, 0.1) is 17.8 Å². The number of ether oxygens (including phenoxy) is 1. The molecule has 0 atom stereocenters. The quantitative estimate of drug-likeness (QED) is 0.477.